The van der Waals surface area contributed by atoms with Crippen molar-refractivity contribution in [3.05, 3.63) is 52.2 Å². The van der Waals surface area contributed by atoms with Crippen LogP contribution in [0, 0.1) is 13.8 Å². The summed E-state index contributed by atoms with van der Waals surface area (Å²) in [6, 6.07) is 10.2. The van der Waals surface area contributed by atoms with Crippen LogP contribution in [0.15, 0.2) is 30.3 Å². The maximum absolute atomic E-state index is 9.08. The highest BCUT2D eigenvalue weighted by Crippen LogP contribution is 2.33. The Morgan fingerprint density at radius 3 is 2.64 bits per heavy atom. The molecule has 0 amide bonds. The molecule has 2 N–H and O–H groups in total. The van der Waals surface area contributed by atoms with Gasteiger partial charge in [-0.1, -0.05) is 30.3 Å². The molecule has 0 aliphatic rings. The number of nitrogens with one attached hydrogen (secondary N) is 1. The summed E-state index contributed by atoms with van der Waals surface area (Å²) < 4.78 is 0. The number of benzene rings is 1. The van der Waals surface area contributed by atoms with Gasteiger partial charge >= 0.3 is 0 Å². The van der Waals surface area contributed by atoms with E-state index in [0.717, 1.165) is 21.9 Å². The average Bonchev–Trinajstić information content (AvgIpc) is 2.81. The average molecular weight is 313 g/mol. The van der Waals surface area contributed by atoms with Crippen LogP contribution in [0.3, 0.4) is 0 Å². The van der Waals surface area contributed by atoms with E-state index >= 15 is 0 Å². The summed E-state index contributed by atoms with van der Waals surface area (Å²) in [4.78, 5) is 11.7. The predicted octanol–water partition coefficient (Wildman–Crippen LogP) is 3.30. The number of hydrogen-bond acceptors (Lipinski definition) is 5. The van der Waals surface area contributed by atoms with Crippen LogP contribution in [0.4, 0.5) is 5.82 Å². The highest BCUT2D eigenvalue weighted by Gasteiger charge is 2.14. The number of fused-ring (bicyclic) bond motifs is 1. The summed E-state index contributed by atoms with van der Waals surface area (Å²) in [7, 11) is 0. The molecule has 0 fully saturated rings. The molecule has 114 valence electrons. The molecule has 0 radical (unpaired) electrons. The molecule has 0 bridgehead atoms. The fraction of sp³-hybridized carbons (Fsp3) is 0.294. The van der Waals surface area contributed by atoms with Gasteiger partial charge in [0.05, 0.1) is 12.0 Å². The largest absolute Gasteiger partial charge is 0.395 e. The summed E-state index contributed by atoms with van der Waals surface area (Å²) in [5.41, 5.74) is 2.41. The Bertz CT molecular complexity index is 783. The van der Waals surface area contributed by atoms with Crippen LogP contribution < -0.4 is 5.32 Å². The van der Waals surface area contributed by atoms with Crippen molar-refractivity contribution in [3.8, 4) is 0 Å². The first-order valence-electron chi connectivity index (χ1n) is 7.34. The molecule has 1 aromatic carbocycles. The Hall–Kier alpha value is -1.98. The standard InChI is InChI=1S/C17H19N3OS/c1-11-12(2)22-17-15(11)16(18-8-9-21)19-14(20-17)10-13-6-4-3-5-7-13/h3-7,21H,8-10H2,1-2H3,(H,18,19,20). The van der Waals surface area contributed by atoms with Crippen molar-refractivity contribution in [2.75, 3.05) is 18.5 Å². The first-order valence-corrected chi connectivity index (χ1v) is 8.16. The maximum atomic E-state index is 9.08. The minimum absolute atomic E-state index is 0.0850. The van der Waals surface area contributed by atoms with Crippen LogP contribution in [0.5, 0.6) is 0 Å². The molecule has 3 aromatic rings. The minimum atomic E-state index is 0.0850. The maximum Gasteiger partial charge on any atom is 0.138 e. The number of aliphatic hydroxyl groups excluding tert-OH is 1. The molecular weight excluding hydrogens is 294 g/mol. The molecule has 4 nitrogen and oxygen atoms in total. The lowest BCUT2D eigenvalue weighted by Gasteiger charge is -2.09. The van der Waals surface area contributed by atoms with Crippen molar-refractivity contribution in [1.29, 1.82) is 0 Å². The zero-order valence-corrected chi connectivity index (χ0v) is 13.6. The third-order valence-electron chi connectivity index (χ3n) is 3.68. The van der Waals surface area contributed by atoms with Gasteiger partial charge in [-0.05, 0) is 25.0 Å². The van der Waals surface area contributed by atoms with E-state index in [1.165, 1.54) is 16.0 Å². The van der Waals surface area contributed by atoms with Crippen molar-refractivity contribution in [3.63, 3.8) is 0 Å². The van der Waals surface area contributed by atoms with Gasteiger partial charge in [-0.3, -0.25) is 0 Å². The van der Waals surface area contributed by atoms with Gasteiger partial charge in [0, 0.05) is 17.8 Å². The SMILES string of the molecule is Cc1sc2nc(Cc3ccccc3)nc(NCCO)c2c1C. The van der Waals surface area contributed by atoms with Gasteiger partial charge in [-0.25, -0.2) is 9.97 Å². The monoisotopic (exact) mass is 313 g/mol. The third-order valence-corrected chi connectivity index (χ3v) is 4.79. The number of thiophene rings is 1. The van der Waals surface area contributed by atoms with Crippen molar-refractivity contribution in [1.82, 2.24) is 9.97 Å². The van der Waals surface area contributed by atoms with Gasteiger partial charge in [-0.2, -0.15) is 0 Å². The van der Waals surface area contributed by atoms with E-state index in [0.29, 0.717) is 13.0 Å². The lowest BCUT2D eigenvalue weighted by atomic mass is 10.1. The van der Waals surface area contributed by atoms with Crippen LogP contribution >= 0.6 is 11.3 Å². The van der Waals surface area contributed by atoms with E-state index in [-0.39, 0.29) is 6.61 Å². The number of anilines is 1. The normalized spacial score (nSPS) is 11.0. The second-order valence-electron chi connectivity index (χ2n) is 5.26. The fourth-order valence-corrected chi connectivity index (χ4v) is 3.50. The molecule has 3 rings (SSSR count). The molecule has 2 aromatic heterocycles. The first-order chi connectivity index (χ1) is 10.7. The second kappa shape index (κ2) is 6.42. The molecule has 2 heterocycles. The molecule has 5 heteroatoms. The van der Waals surface area contributed by atoms with E-state index in [9.17, 15) is 0 Å². The summed E-state index contributed by atoms with van der Waals surface area (Å²) in [5, 5.41) is 13.4. The van der Waals surface area contributed by atoms with Crippen LogP contribution in [-0.2, 0) is 6.42 Å². The topological polar surface area (TPSA) is 58.0 Å². The smallest absolute Gasteiger partial charge is 0.138 e. The van der Waals surface area contributed by atoms with Gasteiger partial charge in [0.1, 0.15) is 16.5 Å². The van der Waals surface area contributed by atoms with E-state index < -0.39 is 0 Å². The summed E-state index contributed by atoms with van der Waals surface area (Å²) in [6.45, 7) is 4.78. The number of aliphatic hydroxyl groups is 1. The van der Waals surface area contributed by atoms with Crippen molar-refractivity contribution >= 4 is 27.4 Å². The Kier molecular flexibility index (Phi) is 4.36. The third kappa shape index (κ3) is 2.96. The molecular formula is C17H19N3OS. The summed E-state index contributed by atoms with van der Waals surface area (Å²) >= 11 is 1.70. The zero-order chi connectivity index (χ0) is 15.5. The van der Waals surface area contributed by atoms with Gasteiger partial charge < -0.3 is 10.4 Å². The highest BCUT2D eigenvalue weighted by atomic mass is 32.1. The molecule has 0 atom stereocenters. The number of hydrogen-bond donors (Lipinski definition) is 2. The van der Waals surface area contributed by atoms with Crippen LogP contribution in [0.2, 0.25) is 0 Å². The Morgan fingerprint density at radius 1 is 1.14 bits per heavy atom. The van der Waals surface area contributed by atoms with Crippen LogP contribution in [0.25, 0.3) is 10.2 Å². The van der Waals surface area contributed by atoms with Crippen LogP contribution in [0.1, 0.15) is 21.8 Å². The minimum Gasteiger partial charge on any atom is -0.395 e. The van der Waals surface area contributed by atoms with Gasteiger partial charge in [0.15, 0.2) is 0 Å². The Balaban J connectivity index is 2.04. The van der Waals surface area contributed by atoms with E-state index in [1.54, 1.807) is 11.3 Å². The highest BCUT2D eigenvalue weighted by molar-refractivity contribution is 7.18. The molecule has 0 spiro atoms. The van der Waals surface area contributed by atoms with Crippen molar-refractivity contribution in [2.24, 2.45) is 0 Å². The molecule has 22 heavy (non-hydrogen) atoms. The first kappa shape index (κ1) is 14.9. The quantitative estimate of drug-likeness (QED) is 0.759. The Labute approximate surface area is 133 Å². The van der Waals surface area contributed by atoms with E-state index in [4.69, 9.17) is 10.1 Å². The van der Waals surface area contributed by atoms with Gasteiger partial charge in [0.25, 0.3) is 0 Å². The second-order valence-corrected chi connectivity index (χ2v) is 6.47. The van der Waals surface area contributed by atoms with Gasteiger partial charge in [0.2, 0.25) is 0 Å². The predicted molar refractivity (Wildman–Crippen MR) is 91.7 cm³/mol. The fourth-order valence-electron chi connectivity index (χ4n) is 2.45. The molecule has 0 saturated carbocycles. The lowest BCUT2D eigenvalue weighted by Crippen LogP contribution is -2.09. The van der Waals surface area contributed by atoms with Crippen LogP contribution in [-0.4, -0.2) is 28.2 Å². The van der Waals surface area contributed by atoms with Gasteiger partial charge in [-0.15, -0.1) is 11.3 Å². The number of aromatic nitrogens is 2. The molecule has 0 aliphatic carbocycles. The van der Waals surface area contributed by atoms with E-state index in [2.05, 4.69) is 36.3 Å². The summed E-state index contributed by atoms with van der Waals surface area (Å²) in [5.74, 6) is 1.63. The molecule has 0 unspecified atom stereocenters. The van der Waals surface area contributed by atoms with Crippen molar-refractivity contribution < 1.29 is 5.11 Å². The molecule has 0 aliphatic heterocycles. The van der Waals surface area contributed by atoms with Crippen molar-refractivity contribution in [2.45, 2.75) is 20.3 Å². The number of aryl methyl sites for hydroxylation is 2. The number of rotatable bonds is 5. The lowest BCUT2D eigenvalue weighted by molar-refractivity contribution is 0.311. The van der Waals surface area contributed by atoms with E-state index in [1.807, 2.05) is 18.2 Å². The Morgan fingerprint density at radius 2 is 1.91 bits per heavy atom. The molecule has 0 saturated heterocycles. The number of nitrogens with zero attached hydrogens (tertiary/aromatic N) is 2. The summed E-state index contributed by atoms with van der Waals surface area (Å²) in [6.07, 6.45) is 0.709. The zero-order valence-electron chi connectivity index (χ0n) is 12.8.